The van der Waals surface area contributed by atoms with Gasteiger partial charge >= 0.3 is 5.97 Å². The summed E-state index contributed by atoms with van der Waals surface area (Å²) < 4.78 is 10.6. The number of carboxylic acid groups (broad SMARTS) is 1. The average molecular weight is 224 g/mol. The normalized spacial score (nSPS) is 15.3. The minimum atomic E-state index is -1.03. The topological polar surface area (TPSA) is 59.7 Å². The standard InChI is InChI=1S/C12H16O4/c1-8-6-10(16-11(8)12(13)14)7-15-5-4-9-2-3-9/h6,9H,2-5,7H2,1H3,(H,13,14). The van der Waals surface area contributed by atoms with Gasteiger partial charge in [-0.25, -0.2) is 4.79 Å². The molecule has 0 radical (unpaired) electrons. The summed E-state index contributed by atoms with van der Waals surface area (Å²) in [6.45, 7) is 2.81. The van der Waals surface area contributed by atoms with Gasteiger partial charge in [0.2, 0.25) is 5.76 Å². The summed E-state index contributed by atoms with van der Waals surface area (Å²) in [5, 5.41) is 8.80. The lowest BCUT2D eigenvalue weighted by atomic mass is 10.3. The SMILES string of the molecule is Cc1cc(COCCC2CC2)oc1C(=O)O. The van der Waals surface area contributed by atoms with Crippen LogP contribution in [0.3, 0.4) is 0 Å². The molecule has 0 unspecified atom stereocenters. The van der Waals surface area contributed by atoms with Crippen LogP contribution in [0.1, 0.15) is 41.1 Å². The summed E-state index contributed by atoms with van der Waals surface area (Å²) in [6.07, 6.45) is 3.75. The molecule has 16 heavy (non-hydrogen) atoms. The van der Waals surface area contributed by atoms with Gasteiger partial charge in [0.15, 0.2) is 0 Å². The van der Waals surface area contributed by atoms with Crippen molar-refractivity contribution in [2.45, 2.75) is 32.8 Å². The first-order chi connectivity index (χ1) is 7.66. The molecule has 1 N–H and O–H groups in total. The van der Waals surface area contributed by atoms with Crippen LogP contribution in [0.15, 0.2) is 10.5 Å². The van der Waals surface area contributed by atoms with E-state index in [0.717, 1.165) is 18.9 Å². The van der Waals surface area contributed by atoms with Crippen LogP contribution in [0, 0.1) is 12.8 Å². The van der Waals surface area contributed by atoms with Crippen molar-refractivity contribution in [2.75, 3.05) is 6.61 Å². The molecule has 0 bridgehead atoms. The van der Waals surface area contributed by atoms with Crippen molar-refractivity contribution in [1.82, 2.24) is 0 Å². The predicted octanol–water partition coefficient (Wildman–Crippen LogP) is 2.60. The first-order valence-corrected chi connectivity index (χ1v) is 5.57. The van der Waals surface area contributed by atoms with Crippen LogP contribution in [0.25, 0.3) is 0 Å². The second-order valence-corrected chi connectivity index (χ2v) is 4.31. The van der Waals surface area contributed by atoms with Gasteiger partial charge in [0.25, 0.3) is 0 Å². The molecule has 0 spiro atoms. The lowest BCUT2D eigenvalue weighted by molar-refractivity contribution is 0.0644. The van der Waals surface area contributed by atoms with E-state index in [1.54, 1.807) is 13.0 Å². The highest BCUT2D eigenvalue weighted by Crippen LogP contribution is 2.32. The van der Waals surface area contributed by atoms with Gasteiger partial charge in [0.1, 0.15) is 12.4 Å². The molecular weight excluding hydrogens is 208 g/mol. The van der Waals surface area contributed by atoms with Crippen molar-refractivity contribution in [3.8, 4) is 0 Å². The van der Waals surface area contributed by atoms with Gasteiger partial charge in [-0.2, -0.15) is 0 Å². The molecule has 2 rings (SSSR count). The third-order valence-corrected chi connectivity index (χ3v) is 2.77. The molecule has 0 atom stereocenters. The maximum absolute atomic E-state index is 10.7. The Morgan fingerprint density at radius 2 is 2.38 bits per heavy atom. The minimum absolute atomic E-state index is 0.0146. The van der Waals surface area contributed by atoms with Crippen LogP contribution < -0.4 is 0 Å². The maximum Gasteiger partial charge on any atom is 0.372 e. The van der Waals surface area contributed by atoms with E-state index in [9.17, 15) is 4.79 Å². The van der Waals surface area contributed by atoms with E-state index >= 15 is 0 Å². The molecule has 1 aromatic rings. The molecule has 1 aromatic heterocycles. The number of carbonyl (C=O) groups is 1. The van der Waals surface area contributed by atoms with Crippen LogP contribution in [-0.4, -0.2) is 17.7 Å². The van der Waals surface area contributed by atoms with E-state index in [1.165, 1.54) is 12.8 Å². The van der Waals surface area contributed by atoms with Crippen LogP contribution >= 0.6 is 0 Å². The van der Waals surface area contributed by atoms with E-state index in [0.29, 0.717) is 17.9 Å². The zero-order valence-electron chi connectivity index (χ0n) is 9.36. The van der Waals surface area contributed by atoms with Crippen molar-refractivity contribution in [3.05, 3.63) is 23.2 Å². The molecule has 0 aromatic carbocycles. The smallest absolute Gasteiger partial charge is 0.372 e. The van der Waals surface area contributed by atoms with Gasteiger partial charge in [-0.15, -0.1) is 0 Å². The molecule has 1 fully saturated rings. The lowest BCUT2D eigenvalue weighted by Crippen LogP contribution is -1.96. The molecule has 88 valence electrons. The van der Waals surface area contributed by atoms with Gasteiger partial charge in [0.05, 0.1) is 0 Å². The molecular formula is C12H16O4. The number of hydrogen-bond acceptors (Lipinski definition) is 3. The minimum Gasteiger partial charge on any atom is -0.475 e. The Balaban J connectivity index is 1.79. The molecule has 1 heterocycles. The van der Waals surface area contributed by atoms with Crippen molar-refractivity contribution in [3.63, 3.8) is 0 Å². The largest absolute Gasteiger partial charge is 0.475 e. The number of furan rings is 1. The van der Waals surface area contributed by atoms with Crippen molar-refractivity contribution < 1.29 is 19.1 Å². The Kier molecular flexibility index (Phi) is 3.29. The molecule has 4 nitrogen and oxygen atoms in total. The van der Waals surface area contributed by atoms with Crippen molar-refractivity contribution in [1.29, 1.82) is 0 Å². The first kappa shape index (κ1) is 11.2. The van der Waals surface area contributed by atoms with Crippen molar-refractivity contribution in [2.24, 2.45) is 5.92 Å². The van der Waals surface area contributed by atoms with Gasteiger partial charge < -0.3 is 14.3 Å². The van der Waals surface area contributed by atoms with Gasteiger partial charge in [-0.1, -0.05) is 12.8 Å². The molecule has 0 amide bonds. The Labute approximate surface area is 94.2 Å². The summed E-state index contributed by atoms with van der Waals surface area (Å²) in [4.78, 5) is 10.7. The number of ether oxygens (including phenoxy) is 1. The van der Waals surface area contributed by atoms with Gasteiger partial charge in [-0.3, -0.25) is 0 Å². The van der Waals surface area contributed by atoms with E-state index in [4.69, 9.17) is 14.3 Å². The highest BCUT2D eigenvalue weighted by atomic mass is 16.5. The molecule has 1 saturated carbocycles. The average Bonchev–Trinajstić information content (AvgIpc) is 2.97. The van der Waals surface area contributed by atoms with Crippen LogP contribution in [-0.2, 0) is 11.3 Å². The first-order valence-electron chi connectivity index (χ1n) is 5.57. The number of carboxylic acids is 1. The second kappa shape index (κ2) is 4.70. The fourth-order valence-corrected chi connectivity index (χ4v) is 1.66. The molecule has 0 saturated heterocycles. The number of hydrogen-bond donors (Lipinski definition) is 1. The Morgan fingerprint density at radius 1 is 1.62 bits per heavy atom. The van der Waals surface area contributed by atoms with Crippen molar-refractivity contribution >= 4 is 5.97 Å². The van der Waals surface area contributed by atoms with E-state index in [-0.39, 0.29) is 5.76 Å². The lowest BCUT2D eigenvalue weighted by Gasteiger charge is -2.00. The molecule has 1 aliphatic carbocycles. The summed E-state index contributed by atoms with van der Waals surface area (Å²) in [5.41, 5.74) is 0.647. The molecule has 1 aliphatic rings. The highest BCUT2D eigenvalue weighted by molar-refractivity contribution is 5.86. The maximum atomic E-state index is 10.7. The van der Waals surface area contributed by atoms with Crippen LogP contribution in [0.2, 0.25) is 0 Å². The summed E-state index contributed by atoms with van der Waals surface area (Å²) in [7, 11) is 0. The predicted molar refractivity (Wildman–Crippen MR) is 57.4 cm³/mol. The fraction of sp³-hybridized carbons (Fsp3) is 0.583. The Bertz CT molecular complexity index is 376. The third kappa shape index (κ3) is 2.85. The zero-order chi connectivity index (χ0) is 11.5. The Morgan fingerprint density at radius 3 is 2.94 bits per heavy atom. The number of aryl methyl sites for hydroxylation is 1. The van der Waals surface area contributed by atoms with E-state index in [2.05, 4.69) is 0 Å². The van der Waals surface area contributed by atoms with E-state index in [1.807, 2.05) is 0 Å². The summed E-state index contributed by atoms with van der Waals surface area (Å²) in [5.74, 6) is 0.432. The van der Waals surface area contributed by atoms with E-state index < -0.39 is 5.97 Å². The van der Waals surface area contributed by atoms with Gasteiger partial charge in [0, 0.05) is 12.2 Å². The molecule has 4 heteroatoms. The monoisotopic (exact) mass is 224 g/mol. The van der Waals surface area contributed by atoms with Crippen LogP contribution in [0.5, 0.6) is 0 Å². The number of aromatic carboxylic acids is 1. The van der Waals surface area contributed by atoms with Gasteiger partial charge in [-0.05, 0) is 25.3 Å². The fourth-order valence-electron chi connectivity index (χ4n) is 1.66. The third-order valence-electron chi connectivity index (χ3n) is 2.77. The van der Waals surface area contributed by atoms with Crippen LogP contribution in [0.4, 0.5) is 0 Å². The Hall–Kier alpha value is -1.29. The summed E-state index contributed by atoms with van der Waals surface area (Å²) in [6, 6.07) is 1.72. The molecule has 0 aliphatic heterocycles. The quantitative estimate of drug-likeness (QED) is 0.754. The second-order valence-electron chi connectivity index (χ2n) is 4.31. The highest BCUT2D eigenvalue weighted by Gasteiger charge is 2.20. The summed E-state index contributed by atoms with van der Waals surface area (Å²) >= 11 is 0. The number of rotatable bonds is 6. The zero-order valence-corrected chi connectivity index (χ0v) is 9.36.